The summed E-state index contributed by atoms with van der Waals surface area (Å²) in [7, 11) is 0. The number of aromatic nitrogens is 2. The molecule has 0 saturated heterocycles. The van der Waals surface area contributed by atoms with Crippen LogP contribution in [-0.2, 0) is 9.53 Å². The molecule has 5 heteroatoms. The fraction of sp³-hybridized carbons (Fsp3) is 0.200. The number of carbonyl (C=O) groups is 1. The highest BCUT2D eigenvalue weighted by Gasteiger charge is 2.12. The third-order valence-corrected chi connectivity index (χ3v) is 2.49. The summed E-state index contributed by atoms with van der Waals surface area (Å²) in [6.45, 7) is 3.47. The number of rotatable bonds is 3. The van der Waals surface area contributed by atoms with E-state index < -0.39 is 5.97 Å². The lowest BCUT2D eigenvalue weighted by Crippen LogP contribution is -2.12. The molecule has 0 aliphatic rings. The van der Waals surface area contributed by atoms with Gasteiger partial charge in [-0.15, -0.1) is 0 Å². The highest BCUT2D eigenvalue weighted by molar-refractivity contribution is 5.98. The van der Waals surface area contributed by atoms with E-state index in [4.69, 9.17) is 10.00 Å². The van der Waals surface area contributed by atoms with E-state index in [-0.39, 0.29) is 11.7 Å². The molecule has 5 nitrogen and oxygen atoms in total. The molecule has 2 aromatic rings. The molecule has 0 N–H and O–H groups in total. The van der Waals surface area contributed by atoms with Gasteiger partial charge >= 0.3 is 5.97 Å². The normalized spacial score (nSPS) is 11.4. The van der Waals surface area contributed by atoms with Crippen LogP contribution in [0.5, 0.6) is 0 Å². The van der Waals surface area contributed by atoms with Gasteiger partial charge in [-0.2, -0.15) is 5.26 Å². The Morgan fingerprint density at radius 3 is 2.65 bits per heavy atom. The summed E-state index contributed by atoms with van der Waals surface area (Å²) in [5, 5.41) is 9.04. The van der Waals surface area contributed by atoms with E-state index in [1.54, 1.807) is 44.4 Å². The van der Waals surface area contributed by atoms with E-state index >= 15 is 0 Å². The van der Waals surface area contributed by atoms with E-state index in [1.165, 1.54) is 6.08 Å². The Balaban J connectivity index is 2.35. The van der Waals surface area contributed by atoms with Crippen LogP contribution < -0.4 is 0 Å². The van der Waals surface area contributed by atoms with Gasteiger partial charge in [-0.3, -0.25) is 9.97 Å². The summed E-state index contributed by atoms with van der Waals surface area (Å²) in [5.41, 5.74) is 2.13. The minimum absolute atomic E-state index is 0.0399. The summed E-state index contributed by atoms with van der Waals surface area (Å²) in [4.78, 5) is 20.0. The van der Waals surface area contributed by atoms with Crippen molar-refractivity contribution in [3.63, 3.8) is 0 Å². The van der Waals surface area contributed by atoms with Crippen LogP contribution in [0.1, 0.15) is 19.4 Å². The second kappa shape index (κ2) is 5.93. The van der Waals surface area contributed by atoms with Crippen molar-refractivity contribution in [2.24, 2.45) is 0 Å². The number of benzene rings is 1. The van der Waals surface area contributed by atoms with Crippen molar-refractivity contribution in [2.45, 2.75) is 20.0 Å². The van der Waals surface area contributed by atoms with E-state index in [2.05, 4.69) is 9.97 Å². The van der Waals surface area contributed by atoms with Crippen LogP contribution in [0.2, 0.25) is 0 Å². The second-order valence-corrected chi connectivity index (χ2v) is 4.43. The van der Waals surface area contributed by atoms with Gasteiger partial charge in [0.1, 0.15) is 11.6 Å². The van der Waals surface area contributed by atoms with Crippen LogP contribution in [0.4, 0.5) is 0 Å². The predicted molar refractivity (Wildman–Crippen MR) is 74.4 cm³/mol. The van der Waals surface area contributed by atoms with Crippen LogP contribution in [0.15, 0.2) is 36.2 Å². The Bertz CT molecular complexity index is 714. The highest BCUT2D eigenvalue weighted by Crippen LogP contribution is 2.14. The van der Waals surface area contributed by atoms with Gasteiger partial charge in [0.05, 0.1) is 17.1 Å². The number of esters is 1. The summed E-state index contributed by atoms with van der Waals surface area (Å²) < 4.78 is 5.01. The first-order chi connectivity index (χ1) is 9.60. The van der Waals surface area contributed by atoms with Crippen molar-refractivity contribution in [1.82, 2.24) is 9.97 Å². The molecular weight excluding hydrogens is 254 g/mol. The zero-order valence-corrected chi connectivity index (χ0v) is 11.2. The maximum absolute atomic E-state index is 11.7. The number of hydrogen-bond donors (Lipinski definition) is 0. The minimum atomic E-state index is -0.623. The lowest BCUT2D eigenvalue weighted by atomic mass is 10.1. The van der Waals surface area contributed by atoms with Gasteiger partial charge < -0.3 is 4.74 Å². The molecule has 1 heterocycles. The quantitative estimate of drug-likeness (QED) is 0.485. The predicted octanol–water partition coefficient (Wildman–Crippen LogP) is 2.49. The van der Waals surface area contributed by atoms with Gasteiger partial charge in [-0.25, -0.2) is 4.79 Å². The Morgan fingerprint density at radius 2 is 2.00 bits per heavy atom. The average molecular weight is 267 g/mol. The molecule has 1 aromatic heterocycles. The van der Waals surface area contributed by atoms with E-state index in [1.807, 2.05) is 6.07 Å². The van der Waals surface area contributed by atoms with Crippen molar-refractivity contribution in [3.8, 4) is 6.07 Å². The number of hydrogen-bond acceptors (Lipinski definition) is 5. The molecule has 0 amide bonds. The van der Waals surface area contributed by atoms with Gasteiger partial charge in [0.2, 0.25) is 0 Å². The van der Waals surface area contributed by atoms with Crippen LogP contribution in [0.25, 0.3) is 17.1 Å². The fourth-order valence-corrected chi connectivity index (χ4v) is 1.65. The maximum atomic E-state index is 11.7. The second-order valence-electron chi connectivity index (χ2n) is 4.43. The summed E-state index contributed by atoms with van der Waals surface area (Å²) >= 11 is 0. The standard InChI is InChI=1S/C15H13N3O2/c1-10(2)20-15(19)12(9-16)7-11-3-4-13-14(8-11)18-6-5-17-13/h3-8,10H,1-2H3. The maximum Gasteiger partial charge on any atom is 0.349 e. The van der Waals surface area contributed by atoms with Crippen LogP contribution in [0, 0.1) is 11.3 Å². The number of carbonyl (C=O) groups excluding carboxylic acids is 1. The summed E-state index contributed by atoms with van der Waals surface area (Å²) in [5.74, 6) is -0.623. The van der Waals surface area contributed by atoms with Crippen molar-refractivity contribution < 1.29 is 9.53 Å². The Hall–Kier alpha value is -2.74. The van der Waals surface area contributed by atoms with Crippen molar-refractivity contribution in [1.29, 1.82) is 5.26 Å². The molecule has 0 atom stereocenters. The Kier molecular flexibility index (Phi) is 4.06. The molecule has 0 aliphatic carbocycles. The third kappa shape index (κ3) is 3.18. The van der Waals surface area contributed by atoms with Crippen molar-refractivity contribution >= 4 is 23.1 Å². The zero-order valence-electron chi connectivity index (χ0n) is 11.2. The zero-order chi connectivity index (χ0) is 14.5. The van der Waals surface area contributed by atoms with Crippen LogP contribution >= 0.6 is 0 Å². The van der Waals surface area contributed by atoms with Gasteiger partial charge in [0.15, 0.2) is 0 Å². The molecule has 100 valence electrons. The molecule has 0 unspecified atom stereocenters. The van der Waals surface area contributed by atoms with Crippen molar-refractivity contribution in [3.05, 3.63) is 41.7 Å². The molecule has 2 rings (SSSR count). The van der Waals surface area contributed by atoms with E-state index in [0.717, 1.165) is 5.52 Å². The third-order valence-electron chi connectivity index (χ3n) is 2.49. The molecule has 0 spiro atoms. The van der Waals surface area contributed by atoms with Gasteiger partial charge in [0.25, 0.3) is 0 Å². The number of nitrogens with zero attached hydrogens (tertiary/aromatic N) is 3. The number of nitriles is 1. The lowest BCUT2D eigenvalue weighted by molar-refractivity contribution is -0.142. The number of ether oxygens (including phenoxy) is 1. The first-order valence-corrected chi connectivity index (χ1v) is 6.13. The summed E-state index contributed by atoms with van der Waals surface area (Å²) in [6.07, 6.45) is 4.42. The Labute approximate surface area is 116 Å². The average Bonchev–Trinajstić information content (AvgIpc) is 2.43. The van der Waals surface area contributed by atoms with E-state index in [0.29, 0.717) is 11.1 Å². The SMILES string of the molecule is CC(C)OC(=O)C(C#N)=Cc1ccc2nccnc2c1. The number of fused-ring (bicyclic) bond motifs is 1. The molecule has 0 fully saturated rings. The molecule has 0 radical (unpaired) electrons. The fourth-order valence-electron chi connectivity index (χ4n) is 1.65. The van der Waals surface area contributed by atoms with Gasteiger partial charge in [-0.1, -0.05) is 6.07 Å². The summed E-state index contributed by atoms with van der Waals surface area (Å²) in [6, 6.07) is 7.18. The molecule has 20 heavy (non-hydrogen) atoms. The largest absolute Gasteiger partial charge is 0.459 e. The van der Waals surface area contributed by atoms with Crippen LogP contribution in [0.3, 0.4) is 0 Å². The first-order valence-electron chi connectivity index (χ1n) is 6.13. The molecule has 0 bridgehead atoms. The molecular formula is C15H13N3O2. The minimum Gasteiger partial charge on any atom is -0.459 e. The van der Waals surface area contributed by atoms with Crippen molar-refractivity contribution in [2.75, 3.05) is 0 Å². The lowest BCUT2D eigenvalue weighted by Gasteiger charge is -2.06. The van der Waals surface area contributed by atoms with Gasteiger partial charge in [-0.05, 0) is 37.6 Å². The monoisotopic (exact) mass is 267 g/mol. The van der Waals surface area contributed by atoms with Crippen LogP contribution in [-0.4, -0.2) is 22.0 Å². The topological polar surface area (TPSA) is 75.9 Å². The Morgan fingerprint density at radius 1 is 1.30 bits per heavy atom. The van der Waals surface area contributed by atoms with Gasteiger partial charge in [0, 0.05) is 12.4 Å². The van der Waals surface area contributed by atoms with E-state index in [9.17, 15) is 4.79 Å². The molecule has 1 aromatic carbocycles. The molecule has 0 aliphatic heterocycles. The smallest absolute Gasteiger partial charge is 0.349 e. The highest BCUT2D eigenvalue weighted by atomic mass is 16.5. The first kappa shape index (κ1) is 13.7. The molecule has 0 saturated carbocycles.